The van der Waals surface area contributed by atoms with Crippen LogP contribution in [-0.2, 0) is 11.3 Å². The minimum absolute atomic E-state index is 0.0535. The molecule has 0 saturated carbocycles. The molecule has 0 atom stereocenters. The van der Waals surface area contributed by atoms with Crippen molar-refractivity contribution in [3.05, 3.63) is 66.1 Å². The molecule has 5 nitrogen and oxygen atoms in total. The second-order valence-electron chi connectivity index (χ2n) is 4.10. The van der Waals surface area contributed by atoms with Crippen LogP contribution in [0.5, 0.6) is 0 Å². The van der Waals surface area contributed by atoms with Gasteiger partial charge in [-0.3, -0.25) is 0 Å². The Hall–Kier alpha value is -2.82. The molecule has 0 aliphatic rings. The molecule has 0 radical (unpaired) electrons. The highest BCUT2D eigenvalue weighted by molar-refractivity contribution is 5.89. The predicted octanol–water partition coefficient (Wildman–Crippen LogP) is 3.29. The van der Waals surface area contributed by atoms with Gasteiger partial charge in [-0.15, -0.1) is 0 Å². The van der Waals surface area contributed by atoms with Crippen LogP contribution in [0.2, 0.25) is 0 Å². The summed E-state index contributed by atoms with van der Waals surface area (Å²) in [6, 6.07) is 14.0. The van der Waals surface area contributed by atoms with Crippen molar-refractivity contribution in [2.45, 2.75) is 6.61 Å². The summed E-state index contributed by atoms with van der Waals surface area (Å²) in [5.41, 5.74) is 1.03. The number of nitrogens with zero attached hydrogens (tertiary/aromatic N) is 1. The van der Waals surface area contributed by atoms with Gasteiger partial charge in [-0.05, 0) is 24.3 Å². The molecule has 0 saturated heterocycles. The van der Waals surface area contributed by atoms with Crippen LogP contribution in [-0.4, -0.2) is 11.1 Å². The average molecular weight is 269 g/mol. The first-order valence-electron chi connectivity index (χ1n) is 6.04. The SMILES string of the molecule is O=C(OCc1cc(-c2ccco2)on1)c1ccccc1. The number of benzene rings is 1. The minimum Gasteiger partial charge on any atom is -0.461 e. The standard InChI is InChI=1S/C15H11NO4/c17-15(11-5-2-1-3-6-11)19-10-12-9-14(20-16-12)13-7-4-8-18-13/h1-9H,10H2. The van der Waals surface area contributed by atoms with Gasteiger partial charge >= 0.3 is 5.97 Å². The molecule has 0 aliphatic heterocycles. The van der Waals surface area contributed by atoms with E-state index in [1.54, 1.807) is 48.7 Å². The summed E-state index contributed by atoms with van der Waals surface area (Å²) < 4.78 is 15.5. The molecule has 100 valence electrons. The first kappa shape index (κ1) is 12.2. The maximum Gasteiger partial charge on any atom is 0.338 e. The van der Waals surface area contributed by atoms with E-state index in [4.69, 9.17) is 13.7 Å². The van der Waals surface area contributed by atoms with Gasteiger partial charge in [0.1, 0.15) is 12.3 Å². The molecule has 0 amide bonds. The third kappa shape index (κ3) is 2.61. The van der Waals surface area contributed by atoms with E-state index in [0.29, 0.717) is 22.8 Å². The number of hydrogen-bond acceptors (Lipinski definition) is 5. The average Bonchev–Trinajstić information content (AvgIpc) is 3.16. The summed E-state index contributed by atoms with van der Waals surface area (Å²) >= 11 is 0. The van der Waals surface area contributed by atoms with Gasteiger partial charge in [0.05, 0.1) is 11.8 Å². The van der Waals surface area contributed by atoms with Crippen LogP contribution in [0.25, 0.3) is 11.5 Å². The van der Waals surface area contributed by atoms with E-state index in [1.165, 1.54) is 0 Å². The molecule has 0 fully saturated rings. The molecular formula is C15H11NO4. The summed E-state index contributed by atoms with van der Waals surface area (Å²) in [4.78, 5) is 11.8. The zero-order chi connectivity index (χ0) is 13.8. The van der Waals surface area contributed by atoms with Crippen LogP contribution in [0.4, 0.5) is 0 Å². The topological polar surface area (TPSA) is 65.5 Å². The molecule has 2 heterocycles. The minimum atomic E-state index is -0.395. The largest absolute Gasteiger partial charge is 0.461 e. The highest BCUT2D eigenvalue weighted by Crippen LogP contribution is 2.20. The molecule has 0 unspecified atom stereocenters. The lowest BCUT2D eigenvalue weighted by atomic mass is 10.2. The fourth-order valence-corrected chi connectivity index (χ4v) is 1.71. The first-order chi connectivity index (χ1) is 9.83. The van der Waals surface area contributed by atoms with Crippen molar-refractivity contribution in [2.75, 3.05) is 0 Å². The Balaban J connectivity index is 1.63. The molecular weight excluding hydrogens is 258 g/mol. The van der Waals surface area contributed by atoms with Crippen LogP contribution in [0.15, 0.2) is 63.7 Å². The molecule has 0 spiro atoms. The highest BCUT2D eigenvalue weighted by Gasteiger charge is 2.11. The third-order valence-electron chi connectivity index (χ3n) is 2.68. The Morgan fingerprint density at radius 3 is 2.70 bits per heavy atom. The van der Waals surface area contributed by atoms with Crippen molar-refractivity contribution >= 4 is 5.97 Å². The third-order valence-corrected chi connectivity index (χ3v) is 2.68. The van der Waals surface area contributed by atoms with E-state index in [-0.39, 0.29) is 6.61 Å². The van der Waals surface area contributed by atoms with E-state index in [1.807, 2.05) is 6.07 Å². The Kier molecular flexibility index (Phi) is 3.33. The smallest absolute Gasteiger partial charge is 0.338 e. The van der Waals surface area contributed by atoms with Crippen LogP contribution in [0.3, 0.4) is 0 Å². The molecule has 5 heteroatoms. The molecule has 0 N–H and O–H groups in total. The number of esters is 1. The van der Waals surface area contributed by atoms with Crippen LogP contribution in [0, 0.1) is 0 Å². The van der Waals surface area contributed by atoms with Crippen molar-refractivity contribution in [3.8, 4) is 11.5 Å². The predicted molar refractivity (Wildman–Crippen MR) is 69.8 cm³/mol. The van der Waals surface area contributed by atoms with Crippen molar-refractivity contribution in [1.82, 2.24) is 5.16 Å². The van der Waals surface area contributed by atoms with Gasteiger partial charge in [-0.1, -0.05) is 23.4 Å². The zero-order valence-corrected chi connectivity index (χ0v) is 10.5. The van der Waals surface area contributed by atoms with Crippen molar-refractivity contribution in [3.63, 3.8) is 0 Å². The van der Waals surface area contributed by atoms with Gasteiger partial charge in [0, 0.05) is 6.07 Å². The molecule has 3 rings (SSSR count). The lowest BCUT2D eigenvalue weighted by Crippen LogP contribution is -2.04. The maximum absolute atomic E-state index is 11.8. The Morgan fingerprint density at radius 2 is 1.95 bits per heavy atom. The summed E-state index contributed by atoms with van der Waals surface area (Å²) in [6.07, 6.45) is 1.55. The summed E-state index contributed by atoms with van der Waals surface area (Å²) in [5, 5.41) is 3.83. The van der Waals surface area contributed by atoms with Gasteiger partial charge < -0.3 is 13.7 Å². The molecule has 20 heavy (non-hydrogen) atoms. The Labute approximate surface area is 114 Å². The highest BCUT2D eigenvalue weighted by atomic mass is 16.5. The van der Waals surface area contributed by atoms with Crippen LogP contribution in [0.1, 0.15) is 16.1 Å². The van der Waals surface area contributed by atoms with Crippen LogP contribution >= 0.6 is 0 Å². The fourth-order valence-electron chi connectivity index (χ4n) is 1.71. The molecule has 0 aliphatic carbocycles. The van der Waals surface area contributed by atoms with Gasteiger partial charge in [0.2, 0.25) is 5.76 Å². The van der Waals surface area contributed by atoms with E-state index >= 15 is 0 Å². The second kappa shape index (κ2) is 5.44. The van der Waals surface area contributed by atoms with Gasteiger partial charge in [-0.2, -0.15) is 0 Å². The number of aromatic nitrogens is 1. The zero-order valence-electron chi connectivity index (χ0n) is 10.5. The lowest BCUT2D eigenvalue weighted by Gasteiger charge is -2.01. The lowest BCUT2D eigenvalue weighted by molar-refractivity contribution is 0.0464. The number of carbonyl (C=O) groups excluding carboxylic acids is 1. The fraction of sp³-hybridized carbons (Fsp3) is 0.0667. The molecule has 1 aromatic carbocycles. The summed E-state index contributed by atoms with van der Waals surface area (Å²) in [7, 11) is 0. The molecule has 3 aromatic rings. The van der Waals surface area contributed by atoms with Crippen molar-refractivity contribution in [2.24, 2.45) is 0 Å². The Bertz CT molecular complexity index is 686. The summed E-state index contributed by atoms with van der Waals surface area (Å²) in [5.74, 6) is 0.687. The Morgan fingerprint density at radius 1 is 1.10 bits per heavy atom. The van der Waals surface area contributed by atoms with Crippen molar-refractivity contribution < 1.29 is 18.5 Å². The number of furan rings is 1. The first-order valence-corrected chi connectivity index (χ1v) is 6.04. The van der Waals surface area contributed by atoms with E-state index in [0.717, 1.165) is 0 Å². The second-order valence-corrected chi connectivity index (χ2v) is 4.10. The maximum atomic E-state index is 11.8. The number of hydrogen-bond donors (Lipinski definition) is 0. The van der Waals surface area contributed by atoms with E-state index in [2.05, 4.69) is 5.16 Å². The number of ether oxygens (including phenoxy) is 1. The normalized spacial score (nSPS) is 10.4. The van der Waals surface area contributed by atoms with E-state index in [9.17, 15) is 4.79 Å². The quantitative estimate of drug-likeness (QED) is 0.680. The van der Waals surface area contributed by atoms with Crippen LogP contribution < -0.4 is 0 Å². The monoisotopic (exact) mass is 269 g/mol. The van der Waals surface area contributed by atoms with Gasteiger partial charge in [0.15, 0.2) is 5.76 Å². The van der Waals surface area contributed by atoms with Gasteiger partial charge in [-0.25, -0.2) is 4.79 Å². The number of carbonyl (C=O) groups is 1. The van der Waals surface area contributed by atoms with E-state index < -0.39 is 5.97 Å². The number of rotatable bonds is 4. The van der Waals surface area contributed by atoms with Crippen molar-refractivity contribution in [1.29, 1.82) is 0 Å². The van der Waals surface area contributed by atoms with Gasteiger partial charge in [0.25, 0.3) is 0 Å². The summed E-state index contributed by atoms with van der Waals surface area (Å²) in [6.45, 7) is 0.0535. The molecule has 2 aromatic heterocycles. The molecule has 0 bridgehead atoms.